The quantitative estimate of drug-likeness (QED) is 0.434. The van der Waals surface area contributed by atoms with Crippen LogP contribution in [0.25, 0.3) is 11.0 Å². The highest BCUT2D eigenvalue weighted by Crippen LogP contribution is 2.31. The third-order valence-corrected chi connectivity index (χ3v) is 7.88. The van der Waals surface area contributed by atoms with E-state index >= 15 is 0 Å². The van der Waals surface area contributed by atoms with E-state index in [1.165, 1.54) is 36.5 Å². The molecule has 4 rings (SSSR count). The van der Waals surface area contributed by atoms with Crippen molar-refractivity contribution in [2.24, 2.45) is 7.05 Å². The van der Waals surface area contributed by atoms with Crippen molar-refractivity contribution in [3.05, 3.63) is 36.3 Å². The summed E-state index contributed by atoms with van der Waals surface area (Å²) in [6.07, 6.45) is 4.70. The first-order chi connectivity index (χ1) is 14.3. The van der Waals surface area contributed by atoms with Gasteiger partial charge in [0.1, 0.15) is 11.4 Å². The predicted octanol–water partition coefficient (Wildman–Crippen LogP) is 1.69. The molecule has 11 heteroatoms. The van der Waals surface area contributed by atoms with Gasteiger partial charge in [-0.05, 0) is 36.6 Å². The van der Waals surface area contributed by atoms with Crippen molar-refractivity contribution in [1.82, 2.24) is 24.1 Å². The summed E-state index contributed by atoms with van der Waals surface area (Å²) in [6, 6.07) is 4.98. The van der Waals surface area contributed by atoms with E-state index in [1.54, 1.807) is 34.0 Å². The lowest BCUT2D eigenvalue weighted by molar-refractivity contribution is -0.116. The molecule has 0 atom stereocenters. The van der Waals surface area contributed by atoms with E-state index in [-0.39, 0.29) is 16.6 Å². The molecule has 0 fully saturated rings. The second-order valence-electron chi connectivity index (χ2n) is 7.20. The molecule has 0 saturated heterocycles. The van der Waals surface area contributed by atoms with Crippen LogP contribution in [-0.2, 0) is 28.3 Å². The number of amides is 1. The second-order valence-corrected chi connectivity index (χ2v) is 10.3. The molecular weight excluding hydrogens is 424 g/mol. The number of carbonyl (C=O) groups is 1. The van der Waals surface area contributed by atoms with Gasteiger partial charge in [-0.1, -0.05) is 11.8 Å². The molecule has 1 aliphatic rings. The number of aromatic nitrogens is 4. The fourth-order valence-electron chi connectivity index (χ4n) is 3.47. The minimum Gasteiger partial charge on any atom is -0.311 e. The monoisotopic (exact) mass is 446 g/mol. The first-order valence-corrected chi connectivity index (χ1v) is 11.8. The van der Waals surface area contributed by atoms with Crippen LogP contribution in [0.3, 0.4) is 0 Å². The number of thioether (sulfide) groups is 1. The van der Waals surface area contributed by atoms with Gasteiger partial charge >= 0.3 is 0 Å². The smallest absolute Gasteiger partial charge is 0.242 e. The SMILES string of the molecule is CN(C)S(=O)(=O)c1ccc2c(c1)CCCN2C(=O)CSc1ncnc2c1cnn2C. The molecule has 30 heavy (non-hydrogen) atoms. The Labute approximate surface area is 179 Å². The van der Waals surface area contributed by atoms with Crippen molar-refractivity contribution in [3.63, 3.8) is 0 Å². The molecule has 1 aliphatic heterocycles. The molecule has 0 radical (unpaired) electrons. The van der Waals surface area contributed by atoms with Crippen molar-refractivity contribution < 1.29 is 13.2 Å². The molecule has 2 aromatic heterocycles. The lowest BCUT2D eigenvalue weighted by Gasteiger charge is -2.30. The summed E-state index contributed by atoms with van der Waals surface area (Å²) in [5, 5.41) is 5.73. The Kier molecular flexibility index (Phi) is 5.51. The third-order valence-electron chi connectivity index (χ3n) is 5.07. The number of benzene rings is 1. The summed E-state index contributed by atoms with van der Waals surface area (Å²) in [7, 11) is 1.32. The molecule has 0 N–H and O–H groups in total. The zero-order chi connectivity index (χ0) is 21.5. The Morgan fingerprint density at radius 3 is 2.83 bits per heavy atom. The normalized spacial score (nSPS) is 14.3. The summed E-state index contributed by atoms with van der Waals surface area (Å²) < 4.78 is 27.7. The van der Waals surface area contributed by atoms with Crippen molar-refractivity contribution in [2.75, 3.05) is 31.3 Å². The first kappa shape index (κ1) is 20.8. The number of hydrogen-bond acceptors (Lipinski definition) is 7. The fraction of sp³-hybridized carbons (Fsp3) is 0.368. The molecule has 0 unspecified atom stereocenters. The molecule has 0 aliphatic carbocycles. The summed E-state index contributed by atoms with van der Waals surface area (Å²) >= 11 is 1.35. The Hall–Kier alpha value is -2.50. The maximum Gasteiger partial charge on any atom is 0.242 e. The van der Waals surface area contributed by atoms with Crippen LogP contribution in [0.1, 0.15) is 12.0 Å². The molecule has 3 heterocycles. The Balaban J connectivity index is 1.55. The first-order valence-electron chi connectivity index (χ1n) is 9.40. The van der Waals surface area contributed by atoms with Gasteiger partial charge in [-0.3, -0.25) is 9.48 Å². The number of carbonyl (C=O) groups excluding carboxylic acids is 1. The van der Waals surface area contributed by atoms with E-state index in [9.17, 15) is 13.2 Å². The molecule has 9 nitrogen and oxygen atoms in total. The fourth-order valence-corrected chi connectivity index (χ4v) is 5.26. The highest BCUT2D eigenvalue weighted by atomic mass is 32.2. The van der Waals surface area contributed by atoms with Crippen molar-refractivity contribution in [3.8, 4) is 0 Å². The molecule has 1 amide bonds. The van der Waals surface area contributed by atoms with Gasteiger partial charge in [0.2, 0.25) is 15.9 Å². The molecule has 0 bridgehead atoms. The van der Waals surface area contributed by atoms with Crippen molar-refractivity contribution >= 4 is 44.4 Å². The van der Waals surface area contributed by atoms with Crippen LogP contribution in [0.4, 0.5) is 5.69 Å². The number of nitrogens with zero attached hydrogens (tertiary/aromatic N) is 6. The maximum atomic E-state index is 13.0. The van der Waals surface area contributed by atoms with E-state index < -0.39 is 10.0 Å². The number of aryl methyl sites for hydroxylation is 2. The molecule has 0 saturated carbocycles. The molecule has 3 aromatic rings. The van der Waals surface area contributed by atoms with Crippen LogP contribution in [0.2, 0.25) is 0 Å². The maximum absolute atomic E-state index is 13.0. The van der Waals surface area contributed by atoms with E-state index in [4.69, 9.17) is 0 Å². The molecular formula is C19H22N6O3S2. The summed E-state index contributed by atoms with van der Waals surface area (Å²) in [4.78, 5) is 23.5. The summed E-state index contributed by atoms with van der Waals surface area (Å²) in [6.45, 7) is 0.609. The largest absolute Gasteiger partial charge is 0.311 e. The van der Waals surface area contributed by atoms with Gasteiger partial charge in [0, 0.05) is 33.4 Å². The van der Waals surface area contributed by atoms with Gasteiger partial charge in [-0.25, -0.2) is 22.7 Å². The number of anilines is 1. The van der Waals surface area contributed by atoms with Crippen LogP contribution in [0, 0.1) is 0 Å². The van der Waals surface area contributed by atoms with Gasteiger partial charge < -0.3 is 4.90 Å². The lowest BCUT2D eigenvalue weighted by atomic mass is 10.0. The second kappa shape index (κ2) is 7.97. The molecule has 1 aromatic carbocycles. The topological polar surface area (TPSA) is 101 Å². The Morgan fingerprint density at radius 1 is 1.27 bits per heavy atom. The van der Waals surface area contributed by atoms with Crippen LogP contribution in [0.5, 0.6) is 0 Å². The lowest BCUT2D eigenvalue weighted by Crippen LogP contribution is -2.37. The van der Waals surface area contributed by atoms with E-state index in [1.807, 2.05) is 7.05 Å². The van der Waals surface area contributed by atoms with Gasteiger partial charge in [0.15, 0.2) is 5.65 Å². The van der Waals surface area contributed by atoms with Crippen LogP contribution in [0.15, 0.2) is 40.6 Å². The number of rotatable bonds is 5. The number of hydrogen-bond donors (Lipinski definition) is 0. The van der Waals surface area contributed by atoms with E-state index in [0.29, 0.717) is 11.6 Å². The summed E-state index contributed by atoms with van der Waals surface area (Å²) in [5.74, 6) is 0.179. The van der Waals surface area contributed by atoms with E-state index in [2.05, 4.69) is 15.1 Å². The Morgan fingerprint density at radius 2 is 2.07 bits per heavy atom. The third kappa shape index (κ3) is 3.68. The van der Waals surface area contributed by atoms with Gasteiger partial charge in [0.25, 0.3) is 0 Å². The van der Waals surface area contributed by atoms with Gasteiger partial charge in [-0.2, -0.15) is 5.10 Å². The van der Waals surface area contributed by atoms with Crippen molar-refractivity contribution in [2.45, 2.75) is 22.8 Å². The van der Waals surface area contributed by atoms with Crippen molar-refractivity contribution in [1.29, 1.82) is 0 Å². The van der Waals surface area contributed by atoms with Crippen LogP contribution < -0.4 is 4.90 Å². The standard InChI is InChI=1S/C19H22N6O3S2/c1-23(2)30(27,28)14-6-7-16-13(9-14)5-4-8-25(16)17(26)11-29-19-15-10-22-24(3)18(15)20-12-21-19/h6-7,9-10,12H,4-5,8,11H2,1-3H3. The van der Waals surface area contributed by atoms with E-state index in [0.717, 1.165) is 35.1 Å². The number of fused-ring (bicyclic) bond motifs is 2. The molecule has 158 valence electrons. The minimum absolute atomic E-state index is 0.0418. The zero-order valence-electron chi connectivity index (χ0n) is 16.9. The highest BCUT2D eigenvalue weighted by Gasteiger charge is 2.26. The van der Waals surface area contributed by atoms with Crippen LogP contribution in [-0.4, -0.2) is 64.8 Å². The minimum atomic E-state index is -3.51. The van der Waals surface area contributed by atoms with Gasteiger partial charge in [0.05, 0.1) is 22.2 Å². The number of sulfonamides is 1. The molecule has 0 spiro atoms. The van der Waals surface area contributed by atoms with Crippen LogP contribution >= 0.6 is 11.8 Å². The predicted molar refractivity (Wildman–Crippen MR) is 115 cm³/mol. The Bertz CT molecular complexity index is 1220. The highest BCUT2D eigenvalue weighted by molar-refractivity contribution is 8.00. The zero-order valence-corrected chi connectivity index (χ0v) is 18.6. The average Bonchev–Trinajstić information content (AvgIpc) is 3.12. The summed E-state index contributed by atoms with van der Waals surface area (Å²) in [5.41, 5.74) is 2.37. The van der Waals surface area contributed by atoms with Gasteiger partial charge in [-0.15, -0.1) is 0 Å². The average molecular weight is 447 g/mol.